The summed E-state index contributed by atoms with van der Waals surface area (Å²) in [6.07, 6.45) is 0. The Kier molecular flexibility index (Phi) is 7.09. The Hall–Kier alpha value is -3.29. The third kappa shape index (κ3) is 5.30. The van der Waals surface area contributed by atoms with Gasteiger partial charge < -0.3 is 4.74 Å². The van der Waals surface area contributed by atoms with E-state index < -0.39 is 0 Å². The van der Waals surface area contributed by atoms with Crippen molar-refractivity contribution in [1.29, 1.82) is 0 Å². The van der Waals surface area contributed by atoms with Gasteiger partial charge in [-0.25, -0.2) is 0 Å². The molecule has 1 heterocycles. The molecule has 8 heteroatoms. The number of carbonyl (C=O) groups excluding carboxylic acids is 1. The first-order chi connectivity index (χ1) is 15.6. The summed E-state index contributed by atoms with van der Waals surface area (Å²) >= 11 is 7.77. The lowest BCUT2D eigenvalue weighted by molar-refractivity contribution is 0.102. The van der Waals surface area contributed by atoms with E-state index in [1.807, 2.05) is 72.2 Å². The molecule has 0 unspecified atom stereocenters. The predicted molar refractivity (Wildman–Crippen MR) is 128 cm³/mol. The van der Waals surface area contributed by atoms with Gasteiger partial charge in [-0.1, -0.05) is 65.8 Å². The molecule has 1 amide bonds. The highest BCUT2D eigenvalue weighted by Gasteiger charge is 2.16. The second kappa shape index (κ2) is 10.3. The van der Waals surface area contributed by atoms with Crippen LogP contribution in [0, 0.1) is 0 Å². The van der Waals surface area contributed by atoms with Gasteiger partial charge in [0.2, 0.25) is 5.95 Å². The molecule has 32 heavy (non-hydrogen) atoms. The standard InChI is InChI=1S/C24H21ClN4O2S/c1-2-29-23(27-28-24(29)32-16-18-9-6-7-14-21(18)25)26-22(30)17-10-8-13-20(15-17)31-19-11-4-3-5-12-19/h3-15H,2,16H2,1H3,(H,26,27,30). The molecule has 0 spiro atoms. The van der Waals surface area contributed by atoms with Crippen molar-refractivity contribution in [2.45, 2.75) is 24.4 Å². The van der Waals surface area contributed by atoms with Gasteiger partial charge in [-0.3, -0.25) is 14.7 Å². The van der Waals surface area contributed by atoms with E-state index >= 15 is 0 Å². The van der Waals surface area contributed by atoms with Crippen LogP contribution in [-0.2, 0) is 12.3 Å². The number of nitrogens with zero attached hydrogens (tertiary/aromatic N) is 3. The first kappa shape index (κ1) is 21.9. The second-order valence-corrected chi connectivity index (χ2v) is 8.18. The Labute approximate surface area is 195 Å². The lowest BCUT2D eigenvalue weighted by Gasteiger charge is -2.10. The Morgan fingerprint density at radius 1 is 1.00 bits per heavy atom. The van der Waals surface area contributed by atoms with Gasteiger partial charge in [0.15, 0.2) is 5.16 Å². The number of hydrogen-bond acceptors (Lipinski definition) is 5. The first-order valence-corrected chi connectivity index (χ1v) is 11.4. The van der Waals surface area contributed by atoms with Gasteiger partial charge in [0.25, 0.3) is 5.91 Å². The average Bonchev–Trinajstić information content (AvgIpc) is 3.20. The maximum absolute atomic E-state index is 12.8. The summed E-state index contributed by atoms with van der Waals surface area (Å²) in [5.41, 5.74) is 1.49. The number of carbonyl (C=O) groups is 1. The SMILES string of the molecule is CCn1c(NC(=O)c2cccc(Oc3ccccc3)c2)nnc1SCc1ccccc1Cl. The molecule has 3 aromatic carbocycles. The third-order valence-corrected chi connectivity index (χ3v) is 6.03. The summed E-state index contributed by atoms with van der Waals surface area (Å²) in [6.45, 7) is 2.59. The summed E-state index contributed by atoms with van der Waals surface area (Å²) in [5.74, 6) is 2.06. The van der Waals surface area contributed by atoms with Gasteiger partial charge in [0.1, 0.15) is 11.5 Å². The number of benzene rings is 3. The average molecular weight is 465 g/mol. The van der Waals surface area contributed by atoms with Crippen LogP contribution in [0.2, 0.25) is 5.02 Å². The molecule has 0 aliphatic heterocycles. The molecular formula is C24H21ClN4O2S. The lowest BCUT2D eigenvalue weighted by Crippen LogP contribution is -2.16. The third-order valence-electron chi connectivity index (χ3n) is 4.65. The smallest absolute Gasteiger partial charge is 0.258 e. The van der Waals surface area contributed by atoms with Crippen LogP contribution in [-0.4, -0.2) is 20.7 Å². The maximum atomic E-state index is 12.8. The van der Waals surface area contributed by atoms with Crippen LogP contribution >= 0.6 is 23.4 Å². The molecule has 0 fully saturated rings. The van der Waals surface area contributed by atoms with Crippen molar-refractivity contribution < 1.29 is 9.53 Å². The first-order valence-electron chi connectivity index (χ1n) is 10.1. The van der Waals surface area contributed by atoms with E-state index in [1.54, 1.807) is 18.2 Å². The fraction of sp³-hybridized carbons (Fsp3) is 0.125. The van der Waals surface area contributed by atoms with Crippen LogP contribution in [0.5, 0.6) is 11.5 Å². The number of hydrogen-bond donors (Lipinski definition) is 1. The van der Waals surface area contributed by atoms with Gasteiger partial charge >= 0.3 is 0 Å². The van der Waals surface area contributed by atoms with Gasteiger partial charge in [0.05, 0.1) is 0 Å². The zero-order chi connectivity index (χ0) is 22.3. The predicted octanol–water partition coefficient (Wildman–Crippen LogP) is 6.29. The molecule has 1 aromatic heterocycles. The minimum atomic E-state index is -0.284. The summed E-state index contributed by atoms with van der Waals surface area (Å²) in [5, 5.41) is 12.7. The topological polar surface area (TPSA) is 69.0 Å². The van der Waals surface area contributed by atoms with Crippen molar-refractivity contribution in [2.75, 3.05) is 5.32 Å². The zero-order valence-corrected chi connectivity index (χ0v) is 18.9. The number of rotatable bonds is 8. The Bertz CT molecular complexity index is 1210. The highest BCUT2D eigenvalue weighted by Crippen LogP contribution is 2.27. The monoisotopic (exact) mass is 464 g/mol. The summed E-state index contributed by atoms with van der Waals surface area (Å²) in [4.78, 5) is 12.8. The Morgan fingerprint density at radius 3 is 2.53 bits per heavy atom. The summed E-state index contributed by atoms with van der Waals surface area (Å²) in [7, 11) is 0. The van der Waals surface area contributed by atoms with E-state index in [0.29, 0.717) is 45.5 Å². The molecule has 0 radical (unpaired) electrons. The number of aromatic nitrogens is 3. The van der Waals surface area contributed by atoms with Gasteiger partial charge in [0, 0.05) is 22.9 Å². The van der Waals surface area contributed by atoms with Crippen molar-refractivity contribution in [3.8, 4) is 11.5 Å². The van der Waals surface area contributed by atoms with Crippen LogP contribution in [0.3, 0.4) is 0 Å². The Balaban J connectivity index is 1.45. The van der Waals surface area contributed by atoms with Gasteiger partial charge in [-0.05, 0) is 48.9 Å². The van der Waals surface area contributed by atoms with Crippen LogP contribution < -0.4 is 10.1 Å². The fourth-order valence-corrected chi connectivity index (χ4v) is 4.32. The van der Waals surface area contributed by atoms with Crippen LogP contribution in [0.25, 0.3) is 0 Å². The number of thioether (sulfide) groups is 1. The number of halogens is 1. The molecule has 1 N–H and O–H groups in total. The molecule has 0 aliphatic carbocycles. The number of ether oxygens (including phenoxy) is 1. The number of amides is 1. The number of nitrogens with one attached hydrogen (secondary N) is 1. The number of anilines is 1. The fourth-order valence-electron chi connectivity index (χ4n) is 3.03. The van der Waals surface area contributed by atoms with Crippen molar-refractivity contribution in [3.05, 3.63) is 95.0 Å². The van der Waals surface area contributed by atoms with Crippen molar-refractivity contribution in [1.82, 2.24) is 14.8 Å². The molecule has 4 rings (SSSR count). The minimum Gasteiger partial charge on any atom is -0.457 e. The van der Waals surface area contributed by atoms with Gasteiger partial charge in [-0.15, -0.1) is 10.2 Å². The van der Waals surface area contributed by atoms with Gasteiger partial charge in [-0.2, -0.15) is 0 Å². The van der Waals surface area contributed by atoms with E-state index in [9.17, 15) is 4.79 Å². The lowest BCUT2D eigenvalue weighted by atomic mass is 10.2. The quantitative estimate of drug-likeness (QED) is 0.310. The maximum Gasteiger partial charge on any atom is 0.258 e. The molecular weight excluding hydrogens is 444 g/mol. The van der Waals surface area contributed by atoms with E-state index in [0.717, 1.165) is 5.56 Å². The zero-order valence-electron chi connectivity index (χ0n) is 17.4. The molecule has 162 valence electrons. The van der Waals surface area contributed by atoms with Crippen molar-refractivity contribution in [3.63, 3.8) is 0 Å². The second-order valence-electron chi connectivity index (χ2n) is 6.83. The van der Waals surface area contributed by atoms with Crippen LogP contribution in [0.4, 0.5) is 5.95 Å². The Morgan fingerprint density at radius 2 is 1.75 bits per heavy atom. The molecule has 0 saturated carbocycles. The van der Waals surface area contributed by atoms with E-state index in [1.165, 1.54) is 11.8 Å². The normalized spacial score (nSPS) is 10.7. The largest absolute Gasteiger partial charge is 0.457 e. The highest BCUT2D eigenvalue weighted by molar-refractivity contribution is 7.98. The van der Waals surface area contributed by atoms with E-state index in [-0.39, 0.29) is 5.91 Å². The molecule has 0 aliphatic rings. The van der Waals surface area contributed by atoms with Crippen molar-refractivity contribution >= 4 is 35.2 Å². The van der Waals surface area contributed by atoms with Crippen LogP contribution in [0.15, 0.2) is 84.0 Å². The molecule has 6 nitrogen and oxygen atoms in total. The molecule has 0 bridgehead atoms. The summed E-state index contributed by atoms with van der Waals surface area (Å²) < 4.78 is 7.69. The van der Waals surface area contributed by atoms with Crippen molar-refractivity contribution in [2.24, 2.45) is 0 Å². The summed E-state index contributed by atoms with van der Waals surface area (Å²) in [6, 6.07) is 24.1. The highest BCUT2D eigenvalue weighted by atomic mass is 35.5. The molecule has 0 saturated heterocycles. The number of para-hydroxylation sites is 1. The molecule has 4 aromatic rings. The van der Waals surface area contributed by atoms with Crippen LogP contribution in [0.1, 0.15) is 22.8 Å². The van der Waals surface area contributed by atoms with E-state index in [2.05, 4.69) is 15.5 Å². The minimum absolute atomic E-state index is 0.284. The molecule has 0 atom stereocenters. The van der Waals surface area contributed by atoms with E-state index in [4.69, 9.17) is 16.3 Å².